The van der Waals surface area contributed by atoms with Gasteiger partial charge in [-0.2, -0.15) is 0 Å². The maximum absolute atomic E-state index is 12.1. The van der Waals surface area contributed by atoms with Crippen LogP contribution >= 0.6 is 0 Å². The second-order valence-electron chi connectivity index (χ2n) is 6.56. The van der Waals surface area contributed by atoms with Crippen LogP contribution in [0.1, 0.15) is 23.7 Å². The Morgan fingerprint density at radius 1 is 1.04 bits per heavy atom. The summed E-state index contributed by atoms with van der Waals surface area (Å²) in [6.45, 7) is 3.77. The Bertz CT molecular complexity index is 766. The van der Waals surface area contributed by atoms with E-state index in [4.69, 9.17) is 4.74 Å². The molecule has 1 fully saturated rings. The molecule has 140 valence electrons. The fourth-order valence-corrected chi connectivity index (χ4v) is 4.34. The zero-order valence-electron chi connectivity index (χ0n) is 14.9. The molecule has 1 saturated heterocycles. The van der Waals surface area contributed by atoms with Gasteiger partial charge in [0.05, 0.1) is 18.5 Å². The van der Waals surface area contributed by atoms with Gasteiger partial charge in [0.25, 0.3) is 0 Å². The van der Waals surface area contributed by atoms with Crippen LogP contribution < -0.4 is 4.72 Å². The van der Waals surface area contributed by atoms with Crippen LogP contribution in [0.25, 0.3) is 0 Å². The van der Waals surface area contributed by atoms with Gasteiger partial charge in [-0.05, 0) is 24.1 Å². The Hall–Kier alpha value is -1.73. The summed E-state index contributed by atoms with van der Waals surface area (Å²) in [5.74, 6) is 0.0292. The lowest BCUT2D eigenvalue weighted by Gasteiger charge is -2.33. The van der Waals surface area contributed by atoms with Crippen molar-refractivity contribution >= 4 is 10.0 Å². The fraction of sp³-hybridized carbons (Fsp3) is 0.400. The van der Waals surface area contributed by atoms with Crippen molar-refractivity contribution in [3.8, 4) is 0 Å². The van der Waals surface area contributed by atoms with Crippen molar-refractivity contribution in [2.75, 3.05) is 32.8 Å². The van der Waals surface area contributed by atoms with E-state index in [0.29, 0.717) is 13.2 Å². The van der Waals surface area contributed by atoms with Crippen molar-refractivity contribution in [3.05, 3.63) is 71.8 Å². The summed E-state index contributed by atoms with van der Waals surface area (Å²) in [6.07, 6.45) is 0.884. The maximum Gasteiger partial charge on any atom is 0.215 e. The standard InChI is InChI=1S/C20H26N2O3S/c23-26(24,17-18-8-3-1-4-9-18)21-12-7-13-22-14-15-25-20(16-22)19-10-5-2-6-11-19/h1-6,8-11,20-21H,7,12-17H2. The first-order chi connectivity index (χ1) is 12.6. The van der Waals surface area contributed by atoms with Crippen LogP contribution in [-0.4, -0.2) is 46.1 Å². The van der Waals surface area contributed by atoms with Crippen LogP contribution in [0.4, 0.5) is 0 Å². The lowest BCUT2D eigenvalue weighted by atomic mass is 10.1. The third-order valence-corrected chi connectivity index (χ3v) is 5.85. The van der Waals surface area contributed by atoms with Crippen LogP contribution in [0.3, 0.4) is 0 Å². The Labute approximate surface area is 156 Å². The molecule has 0 amide bonds. The minimum absolute atomic E-state index is 0.0292. The first-order valence-corrected chi connectivity index (χ1v) is 10.7. The monoisotopic (exact) mass is 374 g/mol. The highest BCUT2D eigenvalue weighted by molar-refractivity contribution is 7.88. The smallest absolute Gasteiger partial charge is 0.215 e. The Kier molecular flexibility index (Phi) is 6.80. The summed E-state index contributed by atoms with van der Waals surface area (Å²) in [5.41, 5.74) is 2.00. The molecular weight excluding hydrogens is 348 g/mol. The van der Waals surface area contributed by atoms with E-state index in [-0.39, 0.29) is 11.9 Å². The normalized spacial score (nSPS) is 18.7. The van der Waals surface area contributed by atoms with E-state index in [1.165, 1.54) is 5.56 Å². The summed E-state index contributed by atoms with van der Waals surface area (Å²) in [7, 11) is -3.28. The van der Waals surface area contributed by atoms with Crippen molar-refractivity contribution in [2.24, 2.45) is 0 Å². The molecule has 2 aromatic carbocycles. The summed E-state index contributed by atoms with van der Waals surface area (Å²) in [6, 6.07) is 19.5. The van der Waals surface area contributed by atoms with E-state index < -0.39 is 10.0 Å². The molecule has 0 radical (unpaired) electrons. The van der Waals surface area contributed by atoms with E-state index in [2.05, 4.69) is 21.8 Å². The number of ether oxygens (including phenoxy) is 1. The molecular formula is C20H26N2O3S. The molecule has 0 aromatic heterocycles. The lowest BCUT2D eigenvalue weighted by molar-refractivity contribution is -0.0300. The zero-order valence-corrected chi connectivity index (χ0v) is 15.7. The molecule has 2 aromatic rings. The summed E-state index contributed by atoms with van der Waals surface area (Å²) in [4.78, 5) is 2.34. The van der Waals surface area contributed by atoms with Crippen molar-refractivity contribution in [1.29, 1.82) is 0 Å². The highest BCUT2D eigenvalue weighted by Gasteiger charge is 2.21. The number of nitrogens with one attached hydrogen (secondary N) is 1. The summed E-state index contributed by atoms with van der Waals surface area (Å²) < 4.78 is 32.9. The molecule has 0 bridgehead atoms. The van der Waals surface area contributed by atoms with Gasteiger partial charge in [-0.15, -0.1) is 0 Å². The maximum atomic E-state index is 12.1. The summed E-state index contributed by atoms with van der Waals surface area (Å²) >= 11 is 0. The quantitative estimate of drug-likeness (QED) is 0.722. The van der Waals surface area contributed by atoms with Crippen molar-refractivity contribution in [2.45, 2.75) is 18.3 Å². The third kappa shape index (κ3) is 5.92. The third-order valence-electron chi connectivity index (χ3n) is 4.49. The molecule has 0 saturated carbocycles. The molecule has 1 unspecified atom stereocenters. The van der Waals surface area contributed by atoms with Crippen LogP contribution in [0.5, 0.6) is 0 Å². The molecule has 1 aliphatic heterocycles. The molecule has 0 spiro atoms. The molecule has 1 heterocycles. The molecule has 26 heavy (non-hydrogen) atoms. The van der Waals surface area contributed by atoms with E-state index in [9.17, 15) is 8.42 Å². The average molecular weight is 375 g/mol. The second-order valence-corrected chi connectivity index (χ2v) is 8.37. The fourth-order valence-electron chi connectivity index (χ4n) is 3.15. The van der Waals surface area contributed by atoms with Crippen LogP contribution in [0.15, 0.2) is 60.7 Å². The lowest BCUT2D eigenvalue weighted by Crippen LogP contribution is -2.39. The highest BCUT2D eigenvalue weighted by atomic mass is 32.2. The Morgan fingerprint density at radius 3 is 2.46 bits per heavy atom. The van der Waals surface area contributed by atoms with Gasteiger partial charge in [0, 0.05) is 19.6 Å². The number of benzene rings is 2. The van der Waals surface area contributed by atoms with Crippen LogP contribution in [0.2, 0.25) is 0 Å². The van der Waals surface area contributed by atoms with Gasteiger partial charge < -0.3 is 4.74 Å². The van der Waals surface area contributed by atoms with Gasteiger partial charge in [-0.25, -0.2) is 13.1 Å². The number of rotatable bonds is 8. The number of sulfonamides is 1. The minimum Gasteiger partial charge on any atom is -0.371 e. The SMILES string of the molecule is O=S(=O)(Cc1ccccc1)NCCCN1CCOC(c2ccccc2)C1. The van der Waals surface area contributed by atoms with Crippen molar-refractivity contribution < 1.29 is 13.2 Å². The predicted molar refractivity (Wildman–Crippen MR) is 103 cm³/mol. The summed E-state index contributed by atoms with van der Waals surface area (Å²) in [5, 5.41) is 0. The number of hydrogen-bond acceptors (Lipinski definition) is 4. The molecule has 1 aliphatic rings. The van der Waals surface area contributed by atoms with Gasteiger partial charge in [-0.1, -0.05) is 60.7 Å². The van der Waals surface area contributed by atoms with Gasteiger partial charge in [-0.3, -0.25) is 4.90 Å². The number of nitrogens with zero attached hydrogens (tertiary/aromatic N) is 1. The highest BCUT2D eigenvalue weighted by Crippen LogP contribution is 2.21. The number of hydrogen-bond donors (Lipinski definition) is 1. The first kappa shape index (κ1) is 19.0. The zero-order chi connectivity index (χ0) is 18.2. The topological polar surface area (TPSA) is 58.6 Å². The van der Waals surface area contributed by atoms with Gasteiger partial charge >= 0.3 is 0 Å². The average Bonchev–Trinajstić information content (AvgIpc) is 2.67. The van der Waals surface area contributed by atoms with E-state index >= 15 is 0 Å². The molecule has 0 aliphatic carbocycles. The first-order valence-electron chi connectivity index (χ1n) is 9.02. The minimum atomic E-state index is -3.28. The Balaban J connectivity index is 1.40. The van der Waals surface area contributed by atoms with Gasteiger partial charge in [0.15, 0.2) is 0 Å². The molecule has 1 atom stereocenters. The van der Waals surface area contributed by atoms with E-state index in [1.54, 1.807) is 0 Å². The van der Waals surface area contributed by atoms with E-state index in [1.807, 2.05) is 48.5 Å². The molecule has 6 heteroatoms. The van der Waals surface area contributed by atoms with Gasteiger partial charge in [0.2, 0.25) is 10.0 Å². The second kappa shape index (κ2) is 9.28. The van der Waals surface area contributed by atoms with E-state index in [0.717, 1.165) is 31.6 Å². The largest absolute Gasteiger partial charge is 0.371 e. The molecule has 1 N–H and O–H groups in total. The van der Waals surface area contributed by atoms with Crippen LogP contribution in [0, 0.1) is 0 Å². The molecule has 5 nitrogen and oxygen atoms in total. The number of morpholine rings is 1. The Morgan fingerprint density at radius 2 is 1.73 bits per heavy atom. The predicted octanol–water partition coefficient (Wildman–Crippen LogP) is 2.57. The van der Waals surface area contributed by atoms with Crippen molar-refractivity contribution in [3.63, 3.8) is 0 Å². The molecule has 3 rings (SSSR count). The van der Waals surface area contributed by atoms with Crippen molar-refractivity contribution in [1.82, 2.24) is 9.62 Å². The van der Waals surface area contributed by atoms with Gasteiger partial charge in [0.1, 0.15) is 0 Å². The van der Waals surface area contributed by atoms with Crippen LogP contribution in [-0.2, 0) is 20.5 Å².